The summed E-state index contributed by atoms with van der Waals surface area (Å²) in [4.78, 5) is 32.7. The van der Waals surface area contributed by atoms with Gasteiger partial charge in [-0.05, 0) is 43.9 Å². The summed E-state index contributed by atoms with van der Waals surface area (Å²) in [5.41, 5.74) is 10.7. The molecule has 3 heterocycles. The van der Waals surface area contributed by atoms with Crippen molar-refractivity contribution in [3.63, 3.8) is 0 Å². The first-order valence-corrected chi connectivity index (χ1v) is 14.0. The van der Waals surface area contributed by atoms with Crippen LogP contribution in [0.2, 0.25) is 0 Å². The number of carbonyl (C=O) groups is 2. The summed E-state index contributed by atoms with van der Waals surface area (Å²) in [6.45, 7) is 1.13. The molecule has 2 aliphatic heterocycles. The van der Waals surface area contributed by atoms with Gasteiger partial charge in [0.15, 0.2) is 11.5 Å². The van der Waals surface area contributed by atoms with Crippen LogP contribution >= 0.6 is 23.7 Å². The number of rotatable bonds is 7. The van der Waals surface area contributed by atoms with Crippen LogP contribution in [0.15, 0.2) is 34.2 Å². The molecular weight excluding hydrogens is 526 g/mol. The van der Waals surface area contributed by atoms with Gasteiger partial charge in [-0.25, -0.2) is 9.99 Å². The van der Waals surface area contributed by atoms with Crippen LogP contribution < -0.4 is 15.2 Å². The van der Waals surface area contributed by atoms with Crippen LogP contribution in [0, 0.1) is 11.8 Å². The molecule has 2 amide bonds. The summed E-state index contributed by atoms with van der Waals surface area (Å²) >= 11 is 1.50. The van der Waals surface area contributed by atoms with Crippen molar-refractivity contribution in [1.82, 2.24) is 14.9 Å². The van der Waals surface area contributed by atoms with Crippen molar-refractivity contribution in [2.75, 3.05) is 27.3 Å². The molecule has 2 fully saturated rings. The number of thiazole rings is 1. The van der Waals surface area contributed by atoms with E-state index in [1.807, 2.05) is 28.5 Å². The minimum absolute atomic E-state index is 0. The Hall–Kier alpha value is -2.69. The van der Waals surface area contributed by atoms with Gasteiger partial charge < -0.3 is 20.1 Å². The zero-order chi connectivity index (χ0) is 25.9. The molecular formula is C27H36ClN5O4S. The second-order valence-corrected chi connectivity index (χ2v) is 10.8. The molecule has 2 N–H and O–H groups in total. The SMILES string of the molecule is COc1ccc(C2=NN(C3CCN(C(=O)[C@H](N)Cc4cscn4)CC3)C(=O)[C@@H]3CCCC[C@H]23)cc1OC.Cl. The number of hydrogen-bond acceptors (Lipinski definition) is 8. The molecule has 1 saturated carbocycles. The first kappa shape index (κ1) is 28.3. The number of hydrogen-bond donors (Lipinski definition) is 1. The quantitative estimate of drug-likeness (QED) is 0.554. The van der Waals surface area contributed by atoms with Gasteiger partial charge in [0.25, 0.3) is 0 Å². The van der Waals surface area contributed by atoms with Crippen LogP contribution in [0.1, 0.15) is 49.8 Å². The fourth-order valence-electron chi connectivity index (χ4n) is 5.91. The van der Waals surface area contributed by atoms with Gasteiger partial charge in [0.1, 0.15) is 0 Å². The summed E-state index contributed by atoms with van der Waals surface area (Å²) in [5, 5.41) is 8.65. The zero-order valence-electron chi connectivity index (χ0n) is 21.9. The maximum atomic E-state index is 13.6. The molecule has 3 atom stereocenters. The number of methoxy groups -OCH3 is 2. The van der Waals surface area contributed by atoms with Gasteiger partial charge in [0.05, 0.1) is 43.2 Å². The van der Waals surface area contributed by atoms with Crippen LogP contribution in [-0.4, -0.2) is 71.8 Å². The van der Waals surface area contributed by atoms with Crippen molar-refractivity contribution < 1.29 is 19.1 Å². The number of ether oxygens (including phenoxy) is 2. The number of benzene rings is 1. The number of nitrogens with zero attached hydrogens (tertiary/aromatic N) is 4. The number of piperidine rings is 1. The molecule has 1 saturated heterocycles. The molecule has 3 aliphatic rings. The minimum Gasteiger partial charge on any atom is -0.493 e. The smallest absolute Gasteiger partial charge is 0.246 e. The van der Waals surface area contributed by atoms with E-state index in [2.05, 4.69) is 4.98 Å². The number of halogens is 1. The van der Waals surface area contributed by atoms with Gasteiger partial charge in [-0.15, -0.1) is 23.7 Å². The average molecular weight is 562 g/mol. The van der Waals surface area contributed by atoms with E-state index in [0.29, 0.717) is 43.9 Å². The highest BCUT2D eigenvalue weighted by Gasteiger charge is 2.44. The number of amides is 2. The fourth-order valence-corrected chi connectivity index (χ4v) is 6.48. The average Bonchev–Trinajstić information content (AvgIpc) is 3.46. The fraction of sp³-hybridized carbons (Fsp3) is 0.556. The summed E-state index contributed by atoms with van der Waals surface area (Å²) < 4.78 is 11.0. The Kier molecular flexibility index (Phi) is 9.27. The number of likely N-dealkylation sites (tertiary alicyclic amines) is 1. The highest BCUT2D eigenvalue weighted by atomic mass is 35.5. The summed E-state index contributed by atoms with van der Waals surface area (Å²) in [6.07, 6.45) is 5.81. The van der Waals surface area contributed by atoms with E-state index in [1.54, 1.807) is 24.7 Å². The minimum atomic E-state index is -0.604. The first-order valence-electron chi connectivity index (χ1n) is 13.1. The maximum Gasteiger partial charge on any atom is 0.246 e. The van der Waals surface area contributed by atoms with E-state index < -0.39 is 6.04 Å². The Bertz CT molecular complexity index is 1150. The van der Waals surface area contributed by atoms with E-state index in [1.165, 1.54) is 11.3 Å². The largest absolute Gasteiger partial charge is 0.493 e. The lowest BCUT2D eigenvalue weighted by Crippen LogP contribution is -2.54. The first-order chi connectivity index (χ1) is 18.0. The van der Waals surface area contributed by atoms with Crippen LogP contribution in [0.25, 0.3) is 0 Å². The van der Waals surface area contributed by atoms with Crippen molar-refractivity contribution >= 4 is 41.3 Å². The van der Waals surface area contributed by atoms with E-state index in [9.17, 15) is 9.59 Å². The Morgan fingerprint density at radius 2 is 1.82 bits per heavy atom. The van der Waals surface area contributed by atoms with Gasteiger partial charge in [-0.2, -0.15) is 5.10 Å². The monoisotopic (exact) mass is 561 g/mol. The lowest BCUT2D eigenvalue weighted by atomic mass is 9.73. The Morgan fingerprint density at radius 1 is 1.11 bits per heavy atom. The standard InChI is InChI=1S/C27H35N5O4S.ClH/c1-35-23-8-7-17(13-24(23)36-2)25-20-5-3-4-6-21(20)26(33)32(30-25)19-9-11-31(12-10-19)27(34)22(28)14-18-15-37-16-29-18;/h7-8,13,15-16,19-22H,3-6,9-12,14,28H2,1-2H3;1H/t20-,21+,22+;/m0./s1. The van der Waals surface area contributed by atoms with E-state index in [0.717, 1.165) is 42.7 Å². The van der Waals surface area contributed by atoms with Crippen molar-refractivity contribution in [3.8, 4) is 11.5 Å². The Labute approximate surface area is 233 Å². The molecule has 1 aromatic heterocycles. The van der Waals surface area contributed by atoms with E-state index >= 15 is 0 Å². The number of carbonyl (C=O) groups excluding carboxylic acids is 2. The third-order valence-corrected chi connectivity index (χ3v) is 8.54. The van der Waals surface area contributed by atoms with Gasteiger partial charge in [0, 0.05) is 42.3 Å². The molecule has 0 bridgehead atoms. The van der Waals surface area contributed by atoms with Gasteiger partial charge in [0.2, 0.25) is 11.8 Å². The molecule has 0 spiro atoms. The van der Waals surface area contributed by atoms with E-state index in [4.69, 9.17) is 20.3 Å². The predicted octanol–water partition coefficient (Wildman–Crippen LogP) is 3.50. The molecule has 38 heavy (non-hydrogen) atoms. The Morgan fingerprint density at radius 3 is 2.47 bits per heavy atom. The third kappa shape index (κ3) is 5.67. The highest BCUT2D eigenvalue weighted by Crippen LogP contribution is 2.40. The van der Waals surface area contributed by atoms with Gasteiger partial charge >= 0.3 is 0 Å². The third-order valence-electron chi connectivity index (χ3n) is 7.91. The topological polar surface area (TPSA) is 110 Å². The lowest BCUT2D eigenvalue weighted by Gasteiger charge is -2.43. The predicted molar refractivity (Wildman–Crippen MR) is 149 cm³/mol. The molecule has 206 valence electrons. The molecule has 5 rings (SSSR count). The lowest BCUT2D eigenvalue weighted by molar-refractivity contribution is -0.143. The van der Waals surface area contributed by atoms with Crippen LogP contribution in [0.3, 0.4) is 0 Å². The Balaban J connectivity index is 0.00000336. The van der Waals surface area contributed by atoms with Crippen molar-refractivity contribution in [1.29, 1.82) is 0 Å². The molecule has 1 aliphatic carbocycles. The summed E-state index contributed by atoms with van der Waals surface area (Å²) in [5.74, 6) is 1.44. The van der Waals surface area contributed by atoms with Gasteiger partial charge in [-0.1, -0.05) is 12.8 Å². The molecule has 0 unspecified atom stereocenters. The molecule has 11 heteroatoms. The molecule has 1 aromatic carbocycles. The molecule has 2 aromatic rings. The number of aromatic nitrogens is 1. The molecule has 0 radical (unpaired) electrons. The van der Waals surface area contributed by atoms with Gasteiger partial charge in [-0.3, -0.25) is 9.59 Å². The number of nitrogens with two attached hydrogens (primary N) is 1. The maximum absolute atomic E-state index is 13.6. The number of hydrazone groups is 1. The van der Waals surface area contributed by atoms with Crippen LogP contribution in [0.4, 0.5) is 0 Å². The van der Waals surface area contributed by atoms with Crippen molar-refractivity contribution in [2.45, 2.75) is 57.0 Å². The van der Waals surface area contributed by atoms with E-state index in [-0.39, 0.29) is 42.1 Å². The second-order valence-electron chi connectivity index (χ2n) is 10.1. The zero-order valence-corrected chi connectivity index (χ0v) is 23.5. The summed E-state index contributed by atoms with van der Waals surface area (Å²) in [7, 11) is 3.25. The second kappa shape index (κ2) is 12.4. The molecule has 9 nitrogen and oxygen atoms in total. The van der Waals surface area contributed by atoms with Crippen molar-refractivity contribution in [2.24, 2.45) is 22.7 Å². The normalized spacial score (nSPS) is 22.7. The van der Waals surface area contributed by atoms with Crippen LogP contribution in [0.5, 0.6) is 11.5 Å². The van der Waals surface area contributed by atoms with Crippen molar-refractivity contribution in [3.05, 3.63) is 40.3 Å². The highest BCUT2D eigenvalue weighted by molar-refractivity contribution is 7.07. The number of fused-ring (bicyclic) bond motifs is 1. The van der Waals surface area contributed by atoms with Crippen LogP contribution in [-0.2, 0) is 16.0 Å². The summed E-state index contributed by atoms with van der Waals surface area (Å²) in [6, 6.07) is 5.22.